The minimum Gasteiger partial charge on any atom is -0.481 e. The second-order valence-electron chi connectivity index (χ2n) is 4.30. The molecule has 1 rings (SSSR count). The monoisotopic (exact) mass is 292 g/mol. The maximum atomic E-state index is 12.5. The summed E-state index contributed by atoms with van der Waals surface area (Å²) in [6.45, 7) is 0. The fourth-order valence-electron chi connectivity index (χ4n) is 1.81. The number of alkyl halides is 3. The third-order valence-corrected chi connectivity index (χ3v) is 3.11. The van der Waals surface area contributed by atoms with E-state index < -0.39 is 23.6 Å². The van der Waals surface area contributed by atoms with Crippen molar-refractivity contribution in [1.29, 1.82) is 0 Å². The molecule has 0 heterocycles. The Morgan fingerprint density at radius 2 is 2.05 bits per heavy atom. The average Bonchev–Trinajstić information content (AvgIpc) is 2.33. The smallest absolute Gasteiger partial charge is 0.416 e. The Hall–Kier alpha value is -1.17. The van der Waals surface area contributed by atoms with E-state index in [4.69, 9.17) is 5.11 Å². The van der Waals surface area contributed by atoms with E-state index in [0.29, 0.717) is 24.2 Å². The lowest BCUT2D eigenvalue weighted by molar-refractivity contribution is -0.141. The van der Waals surface area contributed by atoms with E-state index in [1.54, 1.807) is 0 Å². The molecule has 1 aromatic rings. The van der Waals surface area contributed by atoms with E-state index in [1.165, 1.54) is 12.1 Å². The molecule has 0 fully saturated rings. The zero-order valence-electron chi connectivity index (χ0n) is 10.2. The lowest BCUT2D eigenvalue weighted by Gasteiger charge is -2.13. The maximum absolute atomic E-state index is 12.5. The average molecular weight is 292 g/mol. The van der Waals surface area contributed by atoms with Crippen molar-refractivity contribution in [2.24, 2.45) is 5.92 Å². The molecule has 106 valence electrons. The van der Waals surface area contributed by atoms with Crippen LogP contribution in [0.25, 0.3) is 0 Å². The van der Waals surface area contributed by atoms with Gasteiger partial charge in [-0.05, 0) is 36.6 Å². The van der Waals surface area contributed by atoms with Crippen molar-refractivity contribution >= 4 is 18.6 Å². The van der Waals surface area contributed by atoms with Gasteiger partial charge >= 0.3 is 12.1 Å². The normalized spacial score (nSPS) is 13.3. The van der Waals surface area contributed by atoms with Gasteiger partial charge in [0.05, 0.1) is 11.5 Å². The van der Waals surface area contributed by atoms with Crippen LogP contribution < -0.4 is 0 Å². The number of hydrogen-bond acceptors (Lipinski definition) is 2. The summed E-state index contributed by atoms with van der Waals surface area (Å²) in [5.74, 6) is -1.10. The van der Waals surface area contributed by atoms with Gasteiger partial charge in [-0.1, -0.05) is 18.2 Å². The summed E-state index contributed by atoms with van der Waals surface area (Å²) in [5, 5.41) is 9.04. The number of aliphatic carboxylic acids is 1. The first-order valence-corrected chi connectivity index (χ1v) is 6.47. The highest BCUT2D eigenvalue weighted by atomic mass is 32.1. The minimum atomic E-state index is -4.40. The number of carboxylic acids is 1. The third-order valence-electron chi connectivity index (χ3n) is 2.80. The summed E-state index contributed by atoms with van der Waals surface area (Å²) in [7, 11) is 0. The first-order chi connectivity index (χ1) is 8.84. The van der Waals surface area contributed by atoms with E-state index >= 15 is 0 Å². The molecule has 1 atom stereocenters. The van der Waals surface area contributed by atoms with Crippen LogP contribution in [-0.4, -0.2) is 16.8 Å². The lowest BCUT2D eigenvalue weighted by Crippen LogP contribution is -2.17. The lowest BCUT2D eigenvalue weighted by atomic mass is 9.94. The van der Waals surface area contributed by atoms with Gasteiger partial charge in [0.2, 0.25) is 0 Å². The quantitative estimate of drug-likeness (QED) is 0.785. The van der Waals surface area contributed by atoms with E-state index in [9.17, 15) is 18.0 Å². The first-order valence-electron chi connectivity index (χ1n) is 5.84. The second-order valence-corrected chi connectivity index (χ2v) is 4.75. The SMILES string of the molecule is O=C(O)C(CCCS)Cc1cccc(C(F)(F)F)c1. The molecule has 0 aliphatic carbocycles. The molecule has 0 amide bonds. The molecule has 0 aromatic heterocycles. The number of carbonyl (C=O) groups is 1. The molecule has 1 N–H and O–H groups in total. The molecular weight excluding hydrogens is 277 g/mol. The molecule has 0 aliphatic rings. The van der Waals surface area contributed by atoms with Crippen molar-refractivity contribution in [3.05, 3.63) is 35.4 Å². The first kappa shape index (κ1) is 15.9. The van der Waals surface area contributed by atoms with Crippen LogP contribution in [0.15, 0.2) is 24.3 Å². The van der Waals surface area contributed by atoms with Gasteiger partial charge in [0.25, 0.3) is 0 Å². The van der Waals surface area contributed by atoms with Crippen LogP contribution in [0.4, 0.5) is 13.2 Å². The van der Waals surface area contributed by atoms with Gasteiger partial charge in [0.15, 0.2) is 0 Å². The molecule has 1 aromatic carbocycles. The summed E-state index contributed by atoms with van der Waals surface area (Å²) < 4.78 is 37.6. The van der Waals surface area contributed by atoms with Crippen molar-refractivity contribution in [2.75, 3.05) is 5.75 Å². The molecule has 0 saturated carbocycles. The fraction of sp³-hybridized carbons (Fsp3) is 0.462. The molecule has 0 radical (unpaired) electrons. The van der Waals surface area contributed by atoms with Gasteiger partial charge in [-0.3, -0.25) is 4.79 Å². The van der Waals surface area contributed by atoms with Gasteiger partial charge in [-0.2, -0.15) is 25.8 Å². The van der Waals surface area contributed by atoms with Crippen LogP contribution in [0.3, 0.4) is 0 Å². The van der Waals surface area contributed by atoms with E-state index in [2.05, 4.69) is 12.6 Å². The Kier molecular flexibility index (Phi) is 5.72. The summed E-state index contributed by atoms with van der Waals surface area (Å²) in [6.07, 6.45) is -3.26. The van der Waals surface area contributed by atoms with Gasteiger partial charge < -0.3 is 5.11 Å². The van der Waals surface area contributed by atoms with Crippen LogP contribution in [-0.2, 0) is 17.4 Å². The van der Waals surface area contributed by atoms with Crippen LogP contribution in [0.5, 0.6) is 0 Å². The molecule has 2 nitrogen and oxygen atoms in total. The third kappa shape index (κ3) is 5.14. The fourth-order valence-corrected chi connectivity index (χ4v) is 1.99. The zero-order valence-corrected chi connectivity index (χ0v) is 11.0. The molecule has 19 heavy (non-hydrogen) atoms. The molecule has 0 saturated heterocycles. The summed E-state index contributed by atoms with van der Waals surface area (Å²) in [6, 6.07) is 4.81. The number of rotatable bonds is 6. The van der Waals surface area contributed by atoms with Crippen LogP contribution >= 0.6 is 12.6 Å². The van der Waals surface area contributed by atoms with Crippen molar-refractivity contribution in [1.82, 2.24) is 0 Å². The Bertz CT molecular complexity index is 432. The van der Waals surface area contributed by atoms with Crippen LogP contribution in [0.2, 0.25) is 0 Å². The summed E-state index contributed by atoms with van der Waals surface area (Å²) in [5.41, 5.74) is -0.357. The Labute approximate surface area is 115 Å². The number of benzene rings is 1. The standard InChI is InChI=1S/C13H15F3O2S/c14-13(15,16)11-5-1-3-9(8-11)7-10(12(17)18)4-2-6-19/h1,3,5,8,10,19H,2,4,6-7H2,(H,17,18). The van der Waals surface area contributed by atoms with E-state index in [0.717, 1.165) is 12.1 Å². The largest absolute Gasteiger partial charge is 0.481 e. The Balaban J connectivity index is 2.82. The molecule has 6 heteroatoms. The molecule has 0 bridgehead atoms. The zero-order chi connectivity index (χ0) is 14.5. The van der Waals surface area contributed by atoms with Crippen LogP contribution in [0.1, 0.15) is 24.0 Å². The summed E-state index contributed by atoms with van der Waals surface area (Å²) in [4.78, 5) is 11.0. The van der Waals surface area contributed by atoms with Gasteiger partial charge in [0, 0.05) is 0 Å². The molecule has 0 aliphatic heterocycles. The van der Waals surface area contributed by atoms with Gasteiger partial charge in [0.1, 0.15) is 0 Å². The van der Waals surface area contributed by atoms with Gasteiger partial charge in [-0.25, -0.2) is 0 Å². The van der Waals surface area contributed by atoms with Gasteiger partial charge in [-0.15, -0.1) is 0 Å². The number of hydrogen-bond donors (Lipinski definition) is 2. The Morgan fingerprint density at radius 3 is 2.58 bits per heavy atom. The van der Waals surface area contributed by atoms with E-state index in [1.807, 2.05) is 0 Å². The summed E-state index contributed by atoms with van der Waals surface area (Å²) >= 11 is 4.00. The molecule has 1 unspecified atom stereocenters. The van der Waals surface area contributed by atoms with Crippen molar-refractivity contribution in [3.63, 3.8) is 0 Å². The minimum absolute atomic E-state index is 0.104. The number of halogens is 3. The van der Waals surface area contributed by atoms with Crippen molar-refractivity contribution in [3.8, 4) is 0 Å². The van der Waals surface area contributed by atoms with Crippen LogP contribution in [0, 0.1) is 5.92 Å². The highest BCUT2D eigenvalue weighted by Crippen LogP contribution is 2.30. The topological polar surface area (TPSA) is 37.3 Å². The molecule has 0 spiro atoms. The van der Waals surface area contributed by atoms with Crippen molar-refractivity contribution in [2.45, 2.75) is 25.4 Å². The second kappa shape index (κ2) is 6.84. The highest BCUT2D eigenvalue weighted by molar-refractivity contribution is 7.80. The Morgan fingerprint density at radius 1 is 1.37 bits per heavy atom. The highest BCUT2D eigenvalue weighted by Gasteiger charge is 2.30. The number of thiol groups is 1. The predicted molar refractivity (Wildman–Crippen MR) is 69.4 cm³/mol. The predicted octanol–water partition coefficient (Wildman–Crippen LogP) is 3.66. The maximum Gasteiger partial charge on any atom is 0.416 e. The number of carboxylic acid groups (broad SMARTS) is 1. The molecular formula is C13H15F3O2S. The van der Waals surface area contributed by atoms with Crippen molar-refractivity contribution < 1.29 is 23.1 Å². The van der Waals surface area contributed by atoms with E-state index in [-0.39, 0.29) is 6.42 Å².